The number of piperidine rings is 1. The van der Waals surface area contributed by atoms with E-state index in [-0.39, 0.29) is 11.4 Å². The first-order chi connectivity index (χ1) is 11.9. The maximum absolute atomic E-state index is 12.8. The van der Waals surface area contributed by atoms with Crippen molar-refractivity contribution in [1.82, 2.24) is 19.9 Å². The number of rotatable bonds is 4. The lowest BCUT2D eigenvalue weighted by atomic mass is 9.94. The van der Waals surface area contributed by atoms with E-state index in [0.717, 1.165) is 20.0 Å². The van der Waals surface area contributed by atoms with Gasteiger partial charge in [-0.3, -0.25) is 0 Å². The summed E-state index contributed by atoms with van der Waals surface area (Å²) in [5.74, 6) is 1.57. The molecule has 4 atom stereocenters. The molecular formula is C16H20F3N5O. The summed E-state index contributed by atoms with van der Waals surface area (Å²) in [5.41, 5.74) is 0.280. The molecule has 1 saturated heterocycles. The summed E-state index contributed by atoms with van der Waals surface area (Å²) >= 11 is 0. The summed E-state index contributed by atoms with van der Waals surface area (Å²) in [4.78, 5) is 4.37. The van der Waals surface area contributed by atoms with Crippen LogP contribution in [-0.4, -0.2) is 46.0 Å². The van der Waals surface area contributed by atoms with Crippen molar-refractivity contribution >= 4 is 11.6 Å². The van der Waals surface area contributed by atoms with Crippen molar-refractivity contribution in [3.8, 4) is 5.75 Å². The van der Waals surface area contributed by atoms with Gasteiger partial charge in [0.1, 0.15) is 0 Å². The van der Waals surface area contributed by atoms with E-state index >= 15 is 0 Å². The molecule has 2 aliphatic rings. The lowest BCUT2D eigenvalue weighted by Gasteiger charge is -2.30. The molecule has 1 aliphatic heterocycles. The molecule has 2 fully saturated rings. The molecular weight excluding hydrogens is 335 g/mol. The standard InChI is InChI=1S/C16H20F3N5O/c1-9(16(17,18)19)25-12-3-2-6-24-14(12)22-15(23-24)21-13-10-4-5-11(13)8-20-7-10/h2-3,6,9-11,13,20H,4-5,7-8H2,1H3,(H,21,23)/t9?,10-,11+,13?. The quantitative estimate of drug-likeness (QED) is 0.882. The summed E-state index contributed by atoms with van der Waals surface area (Å²) in [6.07, 6.45) is -2.36. The average molecular weight is 355 g/mol. The molecule has 2 unspecified atom stereocenters. The summed E-state index contributed by atoms with van der Waals surface area (Å²) in [7, 11) is 0. The van der Waals surface area contributed by atoms with Crippen molar-refractivity contribution in [1.29, 1.82) is 0 Å². The normalized spacial score (nSPS) is 27.4. The van der Waals surface area contributed by atoms with E-state index < -0.39 is 12.3 Å². The first-order valence-electron chi connectivity index (χ1n) is 8.48. The van der Waals surface area contributed by atoms with Gasteiger partial charge < -0.3 is 15.4 Å². The van der Waals surface area contributed by atoms with Crippen LogP contribution >= 0.6 is 0 Å². The number of anilines is 1. The second-order valence-corrected chi connectivity index (χ2v) is 6.80. The maximum Gasteiger partial charge on any atom is 0.425 e. The van der Waals surface area contributed by atoms with Crippen molar-refractivity contribution in [2.45, 2.75) is 38.1 Å². The molecule has 0 spiro atoms. The van der Waals surface area contributed by atoms with E-state index in [1.54, 1.807) is 12.3 Å². The molecule has 2 bridgehead atoms. The number of nitrogens with one attached hydrogen (secondary N) is 2. The van der Waals surface area contributed by atoms with Gasteiger partial charge in [0.2, 0.25) is 5.95 Å². The Hall–Kier alpha value is -2.03. The number of pyridine rings is 1. The minimum atomic E-state index is -4.43. The topological polar surface area (TPSA) is 63.5 Å². The molecule has 3 heterocycles. The van der Waals surface area contributed by atoms with Gasteiger partial charge in [0.05, 0.1) is 0 Å². The summed E-state index contributed by atoms with van der Waals surface area (Å²) in [6, 6.07) is 3.37. The van der Waals surface area contributed by atoms with Crippen molar-refractivity contribution in [3.63, 3.8) is 0 Å². The Bertz CT molecular complexity index is 746. The third-order valence-electron chi connectivity index (χ3n) is 5.12. The van der Waals surface area contributed by atoms with Gasteiger partial charge in [-0.1, -0.05) is 0 Å². The SMILES string of the molecule is CC(Oc1cccn2nc(NC3[C@@H]4CC[C@H]3CNC4)nc12)C(F)(F)F. The van der Waals surface area contributed by atoms with Crippen LogP contribution in [-0.2, 0) is 0 Å². The molecule has 1 saturated carbocycles. The van der Waals surface area contributed by atoms with Gasteiger partial charge in [0, 0.05) is 12.2 Å². The lowest BCUT2D eigenvalue weighted by Crippen LogP contribution is -2.45. The molecule has 2 N–H and O–H groups in total. The molecule has 0 radical (unpaired) electrons. The summed E-state index contributed by atoms with van der Waals surface area (Å²) < 4.78 is 44.8. The fourth-order valence-corrected chi connectivity index (χ4v) is 3.76. The van der Waals surface area contributed by atoms with Gasteiger partial charge >= 0.3 is 6.18 Å². The van der Waals surface area contributed by atoms with Gasteiger partial charge in [-0.15, -0.1) is 5.10 Å². The highest BCUT2D eigenvalue weighted by Crippen LogP contribution is 2.35. The smallest absolute Gasteiger partial charge is 0.425 e. The average Bonchev–Trinajstić information content (AvgIpc) is 3.04. The molecule has 2 aromatic rings. The van der Waals surface area contributed by atoms with Crippen molar-refractivity contribution in [2.75, 3.05) is 18.4 Å². The zero-order valence-corrected chi connectivity index (χ0v) is 13.8. The lowest BCUT2D eigenvalue weighted by molar-refractivity contribution is -0.189. The van der Waals surface area contributed by atoms with Crippen LogP contribution in [0.3, 0.4) is 0 Å². The van der Waals surface area contributed by atoms with Crippen LogP contribution in [0.5, 0.6) is 5.75 Å². The minimum Gasteiger partial charge on any atom is -0.477 e. The van der Waals surface area contributed by atoms with Gasteiger partial charge in [0.15, 0.2) is 17.5 Å². The van der Waals surface area contributed by atoms with Crippen LogP contribution < -0.4 is 15.4 Å². The zero-order chi connectivity index (χ0) is 17.6. The first kappa shape index (κ1) is 16.4. The van der Waals surface area contributed by atoms with E-state index in [9.17, 15) is 13.2 Å². The van der Waals surface area contributed by atoms with Crippen molar-refractivity contribution in [2.24, 2.45) is 11.8 Å². The number of hydrogen-bond acceptors (Lipinski definition) is 5. The van der Waals surface area contributed by atoms with Crippen LogP contribution in [0.2, 0.25) is 0 Å². The van der Waals surface area contributed by atoms with Crippen molar-refractivity contribution in [3.05, 3.63) is 18.3 Å². The van der Waals surface area contributed by atoms with Crippen LogP contribution in [0.4, 0.5) is 19.1 Å². The van der Waals surface area contributed by atoms with E-state index in [2.05, 4.69) is 20.7 Å². The number of nitrogens with zero attached hydrogens (tertiary/aromatic N) is 3. The fraction of sp³-hybridized carbons (Fsp3) is 0.625. The van der Waals surface area contributed by atoms with E-state index in [1.165, 1.54) is 23.4 Å². The molecule has 136 valence electrons. The van der Waals surface area contributed by atoms with Crippen LogP contribution in [0.1, 0.15) is 19.8 Å². The highest BCUT2D eigenvalue weighted by Gasteiger charge is 2.40. The number of fused-ring (bicyclic) bond motifs is 3. The molecule has 9 heteroatoms. The molecule has 1 aliphatic carbocycles. The number of alkyl halides is 3. The van der Waals surface area contributed by atoms with Crippen LogP contribution in [0, 0.1) is 11.8 Å². The molecule has 25 heavy (non-hydrogen) atoms. The summed E-state index contributed by atoms with van der Waals surface area (Å²) in [6.45, 7) is 2.92. The van der Waals surface area contributed by atoms with E-state index in [1.807, 2.05) is 0 Å². The Morgan fingerprint density at radius 2 is 2.04 bits per heavy atom. The minimum absolute atomic E-state index is 0.0705. The zero-order valence-electron chi connectivity index (χ0n) is 13.8. The number of ether oxygens (including phenoxy) is 1. The van der Waals surface area contributed by atoms with Crippen molar-refractivity contribution < 1.29 is 17.9 Å². The van der Waals surface area contributed by atoms with Gasteiger partial charge in [-0.2, -0.15) is 18.2 Å². The molecule has 4 rings (SSSR count). The monoisotopic (exact) mass is 355 g/mol. The molecule has 6 nitrogen and oxygen atoms in total. The number of aromatic nitrogens is 3. The van der Waals surface area contributed by atoms with Crippen LogP contribution in [0.25, 0.3) is 5.65 Å². The number of halogens is 3. The van der Waals surface area contributed by atoms with Crippen LogP contribution in [0.15, 0.2) is 18.3 Å². The molecule has 0 aromatic carbocycles. The predicted molar refractivity (Wildman–Crippen MR) is 85.6 cm³/mol. The third-order valence-corrected chi connectivity index (χ3v) is 5.12. The number of hydrogen-bond donors (Lipinski definition) is 2. The van der Waals surface area contributed by atoms with Gasteiger partial charge in [-0.25, -0.2) is 4.52 Å². The maximum atomic E-state index is 12.8. The Balaban J connectivity index is 1.57. The summed E-state index contributed by atoms with van der Waals surface area (Å²) in [5, 5.41) is 11.2. The largest absolute Gasteiger partial charge is 0.477 e. The van der Waals surface area contributed by atoms with Gasteiger partial charge in [0.25, 0.3) is 0 Å². The Morgan fingerprint density at radius 3 is 2.72 bits per heavy atom. The highest BCUT2D eigenvalue weighted by atomic mass is 19.4. The highest BCUT2D eigenvalue weighted by molar-refractivity contribution is 5.56. The predicted octanol–water partition coefficient (Wildman–Crippen LogP) is 2.47. The fourth-order valence-electron chi connectivity index (χ4n) is 3.76. The first-order valence-corrected chi connectivity index (χ1v) is 8.48. The Labute approximate surface area is 142 Å². The second-order valence-electron chi connectivity index (χ2n) is 6.80. The molecule has 0 amide bonds. The van der Waals surface area contributed by atoms with E-state index in [4.69, 9.17) is 4.74 Å². The van der Waals surface area contributed by atoms with Gasteiger partial charge in [-0.05, 0) is 56.8 Å². The Morgan fingerprint density at radius 1 is 1.32 bits per heavy atom. The second kappa shape index (κ2) is 6.05. The third kappa shape index (κ3) is 3.12. The van der Waals surface area contributed by atoms with E-state index in [0.29, 0.717) is 23.8 Å². The Kier molecular flexibility index (Phi) is 3.98. The molecule has 2 aromatic heterocycles.